The molecule has 0 fully saturated rings. The summed E-state index contributed by atoms with van der Waals surface area (Å²) in [6.07, 6.45) is 4.60. The molecule has 0 aliphatic heterocycles. The first-order valence-electron chi connectivity index (χ1n) is 7.64. The number of ether oxygens (including phenoxy) is 1. The zero-order valence-corrected chi connectivity index (χ0v) is 13.3. The second-order valence-electron chi connectivity index (χ2n) is 5.01. The molecule has 0 aliphatic carbocycles. The van der Waals surface area contributed by atoms with Crippen LogP contribution in [0.5, 0.6) is 0 Å². The minimum absolute atomic E-state index is 0.00482. The van der Waals surface area contributed by atoms with E-state index in [-0.39, 0.29) is 5.91 Å². The lowest BCUT2D eigenvalue weighted by molar-refractivity contribution is -0.134. The highest BCUT2D eigenvalue weighted by molar-refractivity contribution is 5.90. The van der Waals surface area contributed by atoms with E-state index in [2.05, 4.69) is 15.4 Å². The van der Waals surface area contributed by atoms with Crippen molar-refractivity contribution in [3.05, 3.63) is 42.5 Å². The van der Waals surface area contributed by atoms with E-state index in [4.69, 9.17) is 0 Å². The molecule has 1 unspecified atom stereocenters. The molecule has 0 spiro atoms. The predicted molar refractivity (Wildman–Crippen MR) is 88.7 cm³/mol. The Bertz CT molecular complexity index is 503. The largest absolute Gasteiger partial charge is 0.466 e. The van der Waals surface area contributed by atoms with Gasteiger partial charge >= 0.3 is 5.97 Å². The molecular formula is C17H24N2O4. The molecule has 1 amide bonds. The van der Waals surface area contributed by atoms with Crippen LogP contribution in [0.2, 0.25) is 0 Å². The van der Waals surface area contributed by atoms with Crippen molar-refractivity contribution >= 4 is 17.6 Å². The highest BCUT2D eigenvalue weighted by Gasteiger charge is 2.02. The Balaban J connectivity index is 2.04. The number of nitrogens with one attached hydrogen (secondary N) is 2. The molecule has 0 aromatic heterocycles. The summed E-state index contributed by atoms with van der Waals surface area (Å²) in [6, 6.07) is 9.36. The van der Waals surface area contributed by atoms with E-state index in [1.54, 1.807) is 0 Å². The van der Waals surface area contributed by atoms with Crippen LogP contribution in [0.3, 0.4) is 0 Å². The summed E-state index contributed by atoms with van der Waals surface area (Å²) in [5, 5.41) is 15.2. The summed E-state index contributed by atoms with van der Waals surface area (Å²) in [5.74, 6) is -0.500. The number of aliphatic hydroxyl groups is 1. The van der Waals surface area contributed by atoms with Crippen molar-refractivity contribution in [1.29, 1.82) is 0 Å². The molecule has 0 bridgehead atoms. The Morgan fingerprint density at radius 2 is 1.96 bits per heavy atom. The molecule has 1 atom stereocenters. The van der Waals surface area contributed by atoms with E-state index < -0.39 is 12.2 Å². The Morgan fingerprint density at radius 3 is 2.65 bits per heavy atom. The SMILES string of the molecule is COC(=O)/C=C\C(O)NCCCCCC(=O)Nc1ccccc1. The number of amides is 1. The van der Waals surface area contributed by atoms with E-state index in [0.717, 1.165) is 24.9 Å². The molecule has 1 aromatic rings. The Morgan fingerprint density at radius 1 is 1.22 bits per heavy atom. The van der Waals surface area contributed by atoms with Crippen molar-refractivity contribution in [3.8, 4) is 0 Å². The number of benzene rings is 1. The maximum absolute atomic E-state index is 11.7. The van der Waals surface area contributed by atoms with Gasteiger partial charge in [0.05, 0.1) is 7.11 Å². The molecule has 6 heteroatoms. The quantitative estimate of drug-likeness (QED) is 0.265. The normalized spacial score (nSPS) is 12.1. The van der Waals surface area contributed by atoms with Gasteiger partial charge in [-0.05, 0) is 37.6 Å². The molecule has 0 radical (unpaired) electrons. The number of carbonyl (C=O) groups is 2. The van der Waals surface area contributed by atoms with E-state index >= 15 is 0 Å². The topological polar surface area (TPSA) is 87.7 Å². The number of unbranched alkanes of at least 4 members (excludes halogenated alkanes) is 2. The van der Waals surface area contributed by atoms with Gasteiger partial charge in [0.1, 0.15) is 6.23 Å². The Labute approximate surface area is 136 Å². The van der Waals surface area contributed by atoms with Crippen LogP contribution in [-0.2, 0) is 14.3 Å². The lowest BCUT2D eigenvalue weighted by atomic mass is 10.2. The zero-order chi connectivity index (χ0) is 16.9. The first-order valence-corrected chi connectivity index (χ1v) is 7.64. The summed E-state index contributed by atoms with van der Waals surface area (Å²) in [5.41, 5.74) is 0.805. The molecule has 0 aliphatic rings. The molecule has 0 saturated carbocycles. The molecular weight excluding hydrogens is 296 g/mol. The number of esters is 1. The summed E-state index contributed by atoms with van der Waals surface area (Å²) in [4.78, 5) is 22.6. The second kappa shape index (κ2) is 11.4. The number of aliphatic hydroxyl groups excluding tert-OH is 1. The van der Waals surface area contributed by atoms with Gasteiger partial charge in [0.15, 0.2) is 0 Å². The first-order chi connectivity index (χ1) is 11.1. The third kappa shape index (κ3) is 9.44. The summed E-state index contributed by atoms with van der Waals surface area (Å²) in [6.45, 7) is 0.604. The Hall–Kier alpha value is -2.18. The van der Waals surface area contributed by atoms with Crippen molar-refractivity contribution < 1.29 is 19.4 Å². The van der Waals surface area contributed by atoms with Gasteiger partial charge in [-0.1, -0.05) is 24.6 Å². The van der Waals surface area contributed by atoms with E-state index in [1.807, 2.05) is 30.3 Å². The predicted octanol–water partition coefficient (Wildman–Crippen LogP) is 1.82. The average Bonchev–Trinajstić information content (AvgIpc) is 2.56. The molecule has 0 saturated heterocycles. The minimum atomic E-state index is -0.879. The van der Waals surface area contributed by atoms with Crippen LogP contribution >= 0.6 is 0 Å². The van der Waals surface area contributed by atoms with Crippen LogP contribution < -0.4 is 10.6 Å². The standard InChI is InChI=1S/C17H24N2O4/c1-23-17(22)12-11-15(20)18-13-7-3-6-10-16(21)19-14-8-4-2-5-9-14/h2,4-5,8-9,11-12,15,18,20H,3,6-7,10,13H2,1H3,(H,19,21)/b12-11-. The fraction of sp³-hybridized carbons (Fsp3) is 0.412. The van der Waals surface area contributed by atoms with Gasteiger partial charge in [0.2, 0.25) is 5.91 Å². The number of carbonyl (C=O) groups excluding carboxylic acids is 2. The summed E-state index contributed by atoms with van der Waals surface area (Å²) < 4.78 is 4.42. The lowest BCUT2D eigenvalue weighted by Gasteiger charge is -2.08. The lowest BCUT2D eigenvalue weighted by Crippen LogP contribution is -2.27. The number of methoxy groups -OCH3 is 1. The summed E-state index contributed by atoms with van der Waals surface area (Å²) in [7, 11) is 1.28. The van der Waals surface area contributed by atoms with Crippen molar-refractivity contribution in [2.24, 2.45) is 0 Å². The molecule has 23 heavy (non-hydrogen) atoms. The monoisotopic (exact) mass is 320 g/mol. The molecule has 6 nitrogen and oxygen atoms in total. The number of para-hydroxylation sites is 1. The van der Waals surface area contributed by atoms with Gasteiger partial charge in [-0.3, -0.25) is 10.1 Å². The minimum Gasteiger partial charge on any atom is -0.466 e. The number of hydrogen-bond acceptors (Lipinski definition) is 5. The van der Waals surface area contributed by atoms with Gasteiger partial charge in [0, 0.05) is 18.2 Å². The van der Waals surface area contributed by atoms with Crippen LogP contribution in [0.25, 0.3) is 0 Å². The average molecular weight is 320 g/mol. The maximum atomic E-state index is 11.7. The van der Waals surface area contributed by atoms with Crippen molar-refractivity contribution in [3.63, 3.8) is 0 Å². The van der Waals surface area contributed by atoms with Gasteiger partial charge in [-0.15, -0.1) is 0 Å². The van der Waals surface area contributed by atoms with E-state index in [9.17, 15) is 14.7 Å². The van der Waals surface area contributed by atoms with Crippen LogP contribution in [0, 0.1) is 0 Å². The highest BCUT2D eigenvalue weighted by Crippen LogP contribution is 2.07. The Kier molecular flexibility index (Phi) is 9.35. The van der Waals surface area contributed by atoms with Crippen LogP contribution in [-0.4, -0.2) is 36.9 Å². The third-order valence-electron chi connectivity index (χ3n) is 3.11. The fourth-order valence-electron chi connectivity index (χ4n) is 1.89. The van der Waals surface area contributed by atoms with Gasteiger partial charge in [-0.2, -0.15) is 0 Å². The first kappa shape index (κ1) is 18.9. The zero-order valence-electron chi connectivity index (χ0n) is 13.3. The van der Waals surface area contributed by atoms with Crippen molar-refractivity contribution in [2.45, 2.75) is 31.9 Å². The second-order valence-corrected chi connectivity index (χ2v) is 5.01. The molecule has 126 valence electrons. The molecule has 1 aromatic carbocycles. The molecule has 1 rings (SSSR count). The number of hydrogen-bond donors (Lipinski definition) is 3. The highest BCUT2D eigenvalue weighted by atomic mass is 16.5. The van der Waals surface area contributed by atoms with Gasteiger partial charge in [0.25, 0.3) is 0 Å². The number of rotatable bonds is 10. The van der Waals surface area contributed by atoms with Gasteiger partial charge < -0.3 is 15.2 Å². The van der Waals surface area contributed by atoms with Crippen molar-refractivity contribution in [1.82, 2.24) is 5.32 Å². The third-order valence-corrected chi connectivity index (χ3v) is 3.11. The smallest absolute Gasteiger partial charge is 0.330 e. The fourth-order valence-corrected chi connectivity index (χ4v) is 1.89. The van der Waals surface area contributed by atoms with Crippen LogP contribution in [0.4, 0.5) is 5.69 Å². The van der Waals surface area contributed by atoms with Crippen LogP contribution in [0.15, 0.2) is 42.5 Å². The van der Waals surface area contributed by atoms with Crippen molar-refractivity contribution in [2.75, 3.05) is 19.0 Å². The van der Waals surface area contributed by atoms with Gasteiger partial charge in [-0.25, -0.2) is 4.79 Å². The maximum Gasteiger partial charge on any atom is 0.330 e. The van der Waals surface area contributed by atoms with E-state index in [1.165, 1.54) is 19.3 Å². The van der Waals surface area contributed by atoms with Crippen LogP contribution in [0.1, 0.15) is 25.7 Å². The molecule has 3 N–H and O–H groups in total. The summed E-state index contributed by atoms with van der Waals surface area (Å²) >= 11 is 0. The van der Waals surface area contributed by atoms with E-state index in [0.29, 0.717) is 13.0 Å². The molecule has 0 heterocycles. The number of anilines is 1.